The zero-order chi connectivity index (χ0) is 19.3. The average Bonchev–Trinajstić information content (AvgIpc) is 2.99. The number of aryl methyl sites for hydroxylation is 1. The maximum atomic E-state index is 13.0. The van der Waals surface area contributed by atoms with Gasteiger partial charge < -0.3 is 5.32 Å². The topological polar surface area (TPSA) is 46.9 Å². The first-order chi connectivity index (χ1) is 12.8. The molecule has 2 atom stereocenters. The van der Waals surface area contributed by atoms with Gasteiger partial charge in [0.15, 0.2) is 0 Å². The van der Waals surface area contributed by atoms with Crippen LogP contribution in [0.4, 0.5) is 8.78 Å². The van der Waals surface area contributed by atoms with Gasteiger partial charge in [-0.1, -0.05) is 6.92 Å². The van der Waals surface area contributed by atoms with Crippen molar-refractivity contribution in [3.05, 3.63) is 17.5 Å². The zero-order valence-corrected chi connectivity index (χ0v) is 16.5. The van der Waals surface area contributed by atoms with Gasteiger partial charge in [-0.15, -0.1) is 0 Å². The third-order valence-corrected chi connectivity index (χ3v) is 7.46. The van der Waals surface area contributed by atoms with E-state index in [2.05, 4.69) is 17.3 Å². The summed E-state index contributed by atoms with van der Waals surface area (Å²) < 4.78 is 27.3. The van der Waals surface area contributed by atoms with Crippen LogP contribution in [0.15, 0.2) is 6.07 Å². The van der Waals surface area contributed by atoms with Crippen molar-refractivity contribution in [2.45, 2.75) is 84.2 Å². The summed E-state index contributed by atoms with van der Waals surface area (Å²) in [4.78, 5) is 13.0. The molecule has 1 aromatic rings. The predicted molar refractivity (Wildman–Crippen MR) is 99.5 cm³/mol. The summed E-state index contributed by atoms with van der Waals surface area (Å²) in [6, 6.07) is 0.955. The predicted octanol–water partition coefficient (Wildman–Crippen LogP) is 4.80. The highest BCUT2D eigenvalue weighted by Crippen LogP contribution is 2.61. The molecule has 6 heteroatoms. The first-order valence-corrected chi connectivity index (χ1v) is 10.5. The Hall–Kier alpha value is -1.46. The molecule has 1 heterocycles. The van der Waals surface area contributed by atoms with E-state index in [1.807, 2.05) is 0 Å². The molecule has 4 bridgehead atoms. The fraction of sp³-hybridized carbons (Fsp3) is 0.810. The van der Waals surface area contributed by atoms with Crippen molar-refractivity contribution in [3.63, 3.8) is 0 Å². The first kappa shape index (κ1) is 18.9. The normalized spacial score (nSPS) is 34.1. The van der Waals surface area contributed by atoms with Crippen LogP contribution in [0, 0.1) is 30.1 Å². The molecule has 0 radical (unpaired) electrons. The van der Waals surface area contributed by atoms with Crippen LogP contribution in [0.25, 0.3) is 0 Å². The molecule has 4 fully saturated rings. The van der Waals surface area contributed by atoms with Crippen molar-refractivity contribution in [3.8, 4) is 0 Å². The summed E-state index contributed by atoms with van der Waals surface area (Å²) >= 11 is 0. The Kier molecular flexibility index (Phi) is 4.79. The van der Waals surface area contributed by atoms with Gasteiger partial charge in [-0.2, -0.15) is 5.10 Å². The minimum atomic E-state index is -2.62. The highest BCUT2D eigenvalue weighted by Gasteiger charge is 2.54. The highest BCUT2D eigenvalue weighted by molar-refractivity contribution is 5.80. The third kappa shape index (κ3) is 3.29. The summed E-state index contributed by atoms with van der Waals surface area (Å²) in [6.45, 7) is 5.62. The van der Waals surface area contributed by atoms with Crippen LogP contribution < -0.4 is 5.32 Å². The number of rotatable bonds is 6. The number of amides is 1. The van der Waals surface area contributed by atoms with E-state index < -0.39 is 12.5 Å². The molecule has 4 aliphatic carbocycles. The number of nitrogens with one attached hydrogen (secondary N) is 1. The Morgan fingerprint density at radius 3 is 2.26 bits per heavy atom. The molecule has 27 heavy (non-hydrogen) atoms. The minimum Gasteiger partial charge on any atom is -0.351 e. The third-order valence-electron chi connectivity index (χ3n) is 7.46. The fourth-order valence-corrected chi connectivity index (χ4v) is 6.71. The van der Waals surface area contributed by atoms with Crippen LogP contribution >= 0.6 is 0 Å². The summed E-state index contributed by atoms with van der Waals surface area (Å²) in [5.74, 6) is 2.40. The maximum Gasteiger partial charge on any atom is 0.282 e. The van der Waals surface area contributed by atoms with Gasteiger partial charge in [-0.05, 0) is 88.0 Å². The van der Waals surface area contributed by atoms with Crippen LogP contribution in [0.3, 0.4) is 0 Å². The quantitative estimate of drug-likeness (QED) is 0.772. The van der Waals surface area contributed by atoms with E-state index in [0.717, 1.165) is 24.2 Å². The molecule has 4 saturated carbocycles. The number of alkyl halides is 2. The number of aromatic nitrogens is 2. The fourth-order valence-electron chi connectivity index (χ4n) is 6.71. The van der Waals surface area contributed by atoms with Crippen LogP contribution in [0.1, 0.15) is 82.6 Å². The van der Waals surface area contributed by atoms with Crippen molar-refractivity contribution in [1.29, 1.82) is 0 Å². The Bertz CT molecular complexity index is 679. The van der Waals surface area contributed by atoms with Gasteiger partial charge in [0.2, 0.25) is 5.91 Å². The average molecular weight is 379 g/mol. The lowest BCUT2D eigenvalue weighted by Crippen LogP contribution is -2.57. The zero-order valence-electron chi connectivity index (χ0n) is 16.5. The van der Waals surface area contributed by atoms with Gasteiger partial charge in [0.25, 0.3) is 6.43 Å². The van der Waals surface area contributed by atoms with Gasteiger partial charge in [-0.25, -0.2) is 8.78 Å². The molecular weight excluding hydrogens is 348 g/mol. The van der Waals surface area contributed by atoms with Crippen LogP contribution in [0.2, 0.25) is 0 Å². The van der Waals surface area contributed by atoms with Crippen molar-refractivity contribution >= 4 is 5.91 Å². The summed E-state index contributed by atoms with van der Waals surface area (Å²) in [6.07, 6.45) is 6.16. The van der Waals surface area contributed by atoms with Gasteiger partial charge >= 0.3 is 0 Å². The Morgan fingerprint density at radius 1 is 1.26 bits per heavy atom. The molecule has 1 amide bonds. The molecule has 1 aromatic heterocycles. The largest absolute Gasteiger partial charge is 0.351 e. The van der Waals surface area contributed by atoms with Crippen molar-refractivity contribution in [2.24, 2.45) is 23.2 Å². The first-order valence-electron chi connectivity index (χ1n) is 10.5. The number of carbonyl (C=O) groups excluding carboxylic acids is 1. The molecule has 2 unspecified atom stereocenters. The van der Waals surface area contributed by atoms with Gasteiger partial charge in [0.05, 0.1) is 0 Å². The number of hydrogen-bond donors (Lipinski definition) is 1. The molecule has 4 aliphatic rings. The monoisotopic (exact) mass is 379 g/mol. The highest BCUT2D eigenvalue weighted by atomic mass is 19.3. The molecule has 0 spiro atoms. The standard InChI is InChI=1S/C21H31F2N3O/c1-4-18(21-9-14-6-15(10-21)8-16(7-14)11-21)24-20(27)13(3)26-12(2)5-17(25-26)19(22)23/h5,13-16,18-19H,4,6-11H2,1-3H3,(H,24,27). The Balaban J connectivity index is 1.49. The molecule has 5 rings (SSSR count). The van der Waals surface area contributed by atoms with Crippen LogP contribution in [-0.2, 0) is 4.79 Å². The maximum absolute atomic E-state index is 13.0. The molecular formula is C21H31F2N3O. The number of halogens is 2. The van der Waals surface area contributed by atoms with E-state index in [9.17, 15) is 13.6 Å². The van der Waals surface area contributed by atoms with Crippen molar-refractivity contribution < 1.29 is 13.6 Å². The molecule has 0 aromatic carbocycles. The summed E-state index contributed by atoms with van der Waals surface area (Å²) in [5.41, 5.74) is 0.572. The summed E-state index contributed by atoms with van der Waals surface area (Å²) in [5, 5.41) is 7.26. The van der Waals surface area contributed by atoms with E-state index in [1.54, 1.807) is 13.8 Å². The lowest BCUT2D eigenvalue weighted by molar-refractivity contribution is -0.129. The van der Waals surface area contributed by atoms with Crippen molar-refractivity contribution in [2.75, 3.05) is 0 Å². The van der Waals surface area contributed by atoms with E-state index in [4.69, 9.17) is 0 Å². The molecule has 1 N–H and O–H groups in total. The number of carbonyl (C=O) groups is 1. The minimum absolute atomic E-state index is 0.107. The molecule has 150 valence electrons. The van der Waals surface area contributed by atoms with Gasteiger partial charge in [-0.3, -0.25) is 9.48 Å². The van der Waals surface area contributed by atoms with Crippen LogP contribution in [-0.4, -0.2) is 21.7 Å². The SMILES string of the molecule is CCC(NC(=O)C(C)n1nc(C(F)F)cc1C)C12CC3CC(CC(C3)C1)C2. The Labute approximate surface area is 160 Å². The van der Waals surface area contributed by atoms with Crippen molar-refractivity contribution in [1.82, 2.24) is 15.1 Å². The lowest BCUT2D eigenvalue weighted by Gasteiger charge is -2.59. The van der Waals surface area contributed by atoms with E-state index in [1.165, 1.54) is 49.3 Å². The van der Waals surface area contributed by atoms with E-state index in [-0.39, 0.29) is 23.1 Å². The number of nitrogens with zero attached hydrogens (tertiary/aromatic N) is 2. The van der Waals surface area contributed by atoms with Gasteiger partial charge in [0.1, 0.15) is 11.7 Å². The Morgan fingerprint density at radius 2 is 1.81 bits per heavy atom. The van der Waals surface area contributed by atoms with Crippen LogP contribution in [0.5, 0.6) is 0 Å². The second-order valence-corrected chi connectivity index (χ2v) is 9.38. The second-order valence-electron chi connectivity index (χ2n) is 9.38. The molecule has 0 saturated heterocycles. The molecule has 0 aliphatic heterocycles. The van der Waals surface area contributed by atoms with E-state index >= 15 is 0 Å². The molecule has 4 nitrogen and oxygen atoms in total. The smallest absolute Gasteiger partial charge is 0.282 e. The lowest BCUT2D eigenvalue weighted by atomic mass is 9.47. The van der Waals surface area contributed by atoms with Gasteiger partial charge in [0, 0.05) is 11.7 Å². The number of hydrogen-bond acceptors (Lipinski definition) is 2. The second kappa shape index (κ2) is 6.85. The van der Waals surface area contributed by atoms with E-state index in [0.29, 0.717) is 5.69 Å². The summed E-state index contributed by atoms with van der Waals surface area (Å²) in [7, 11) is 0.